The summed E-state index contributed by atoms with van der Waals surface area (Å²) in [4.78, 5) is 9.67. The Balaban J connectivity index is 0.000000318. The van der Waals surface area contributed by atoms with Crippen molar-refractivity contribution in [3.05, 3.63) is 30.3 Å². The zero-order valence-electron chi connectivity index (χ0n) is 10.5. The van der Waals surface area contributed by atoms with Gasteiger partial charge in [-0.2, -0.15) is 0 Å². The molecule has 0 bridgehead atoms. The Kier molecular flexibility index (Phi) is 11.4. The minimum Gasteiger partial charge on any atom is -0.508 e. The van der Waals surface area contributed by atoms with Crippen molar-refractivity contribution >= 4 is 6.47 Å². The van der Waals surface area contributed by atoms with Gasteiger partial charge in [0.05, 0.1) is 6.61 Å². The highest BCUT2D eigenvalue weighted by Crippen LogP contribution is 2.03. The number of para-hydroxylation sites is 1. The monoisotopic (exact) mass is 238 g/mol. The van der Waals surface area contributed by atoms with Crippen LogP contribution in [0.2, 0.25) is 0 Å². The van der Waals surface area contributed by atoms with Crippen LogP contribution in [-0.4, -0.2) is 18.2 Å². The minimum atomic E-state index is 0.322. The van der Waals surface area contributed by atoms with Crippen LogP contribution in [0.25, 0.3) is 0 Å². The lowest BCUT2D eigenvalue weighted by Gasteiger charge is -1.97. The average Bonchev–Trinajstić information content (AvgIpc) is 2.35. The third-order valence-corrected chi connectivity index (χ3v) is 2.19. The predicted molar refractivity (Wildman–Crippen MR) is 68.9 cm³/mol. The van der Waals surface area contributed by atoms with Crippen LogP contribution < -0.4 is 0 Å². The summed E-state index contributed by atoms with van der Waals surface area (Å²) in [6, 6.07) is 8.71. The van der Waals surface area contributed by atoms with Crippen LogP contribution in [0.3, 0.4) is 0 Å². The first-order chi connectivity index (χ1) is 8.31. The fraction of sp³-hybridized carbons (Fsp3) is 0.500. The maximum absolute atomic E-state index is 9.67. The highest BCUT2D eigenvalue weighted by Gasteiger charge is 1.87. The molecule has 0 aliphatic rings. The highest BCUT2D eigenvalue weighted by molar-refractivity contribution is 5.36. The van der Waals surface area contributed by atoms with Crippen LogP contribution in [0, 0.1) is 0 Å². The molecule has 1 aromatic rings. The van der Waals surface area contributed by atoms with Crippen LogP contribution >= 0.6 is 0 Å². The first kappa shape index (κ1) is 15.5. The zero-order valence-corrected chi connectivity index (χ0v) is 10.5. The lowest BCUT2D eigenvalue weighted by Crippen LogP contribution is -1.90. The van der Waals surface area contributed by atoms with E-state index < -0.39 is 0 Å². The summed E-state index contributed by atoms with van der Waals surface area (Å²) in [5.74, 6) is 0.322. The molecule has 3 heteroatoms. The van der Waals surface area contributed by atoms with Gasteiger partial charge < -0.3 is 9.84 Å². The van der Waals surface area contributed by atoms with Gasteiger partial charge in [-0.1, -0.05) is 50.8 Å². The summed E-state index contributed by atoms with van der Waals surface area (Å²) in [6.45, 7) is 3.29. The summed E-state index contributed by atoms with van der Waals surface area (Å²) in [7, 11) is 0. The normalized spacial score (nSPS) is 9.00. The number of aromatic hydroxyl groups is 1. The number of unbranched alkanes of at least 4 members (excludes halogenated alkanes) is 4. The standard InChI is InChI=1S/C8H16O2.C6H6O/c1-2-3-4-5-6-7-10-8-9;7-6-4-2-1-3-5-6/h8H,2-7H2,1H3;1-5,7H. The molecule has 1 rings (SSSR count). The van der Waals surface area contributed by atoms with Crippen molar-refractivity contribution in [2.45, 2.75) is 39.0 Å². The maximum atomic E-state index is 9.67. The van der Waals surface area contributed by atoms with Crippen molar-refractivity contribution < 1.29 is 14.6 Å². The first-order valence-electron chi connectivity index (χ1n) is 6.10. The maximum Gasteiger partial charge on any atom is 0.293 e. The fourth-order valence-corrected chi connectivity index (χ4v) is 1.27. The zero-order chi connectivity index (χ0) is 12.8. The Morgan fingerprint density at radius 1 is 1.12 bits per heavy atom. The van der Waals surface area contributed by atoms with Gasteiger partial charge in [0.1, 0.15) is 5.75 Å². The van der Waals surface area contributed by atoms with Gasteiger partial charge in [0, 0.05) is 0 Å². The number of ether oxygens (including phenoxy) is 1. The van der Waals surface area contributed by atoms with Crippen LogP contribution in [-0.2, 0) is 9.53 Å². The number of phenols is 1. The summed E-state index contributed by atoms with van der Waals surface area (Å²) in [5, 5.41) is 8.63. The van der Waals surface area contributed by atoms with Gasteiger partial charge in [0.2, 0.25) is 0 Å². The molecule has 17 heavy (non-hydrogen) atoms. The van der Waals surface area contributed by atoms with E-state index in [1.165, 1.54) is 25.7 Å². The molecule has 0 saturated carbocycles. The SMILES string of the molecule is CCCCCCCOC=O.Oc1ccccc1. The predicted octanol–water partition coefficient (Wildman–Crippen LogP) is 3.52. The Hall–Kier alpha value is -1.51. The van der Waals surface area contributed by atoms with E-state index in [1.54, 1.807) is 24.3 Å². The van der Waals surface area contributed by atoms with Crippen LogP contribution in [0.4, 0.5) is 0 Å². The molecule has 0 heterocycles. The summed E-state index contributed by atoms with van der Waals surface area (Å²) in [5.41, 5.74) is 0. The average molecular weight is 238 g/mol. The van der Waals surface area contributed by atoms with E-state index in [0.717, 1.165) is 6.42 Å². The second kappa shape index (κ2) is 12.6. The Morgan fingerprint density at radius 3 is 2.24 bits per heavy atom. The fourth-order valence-electron chi connectivity index (χ4n) is 1.27. The Morgan fingerprint density at radius 2 is 1.76 bits per heavy atom. The number of benzene rings is 1. The molecule has 0 aliphatic heterocycles. The van der Waals surface area contributed by atoms with E-state index in [0.29, 0.717) is 18.8 Å². The molecule has 0 atom stereocenters. The molecule has 1 aromatic carbocycles. The third-order valence-electron chi connectivity index (χ3n) is 2.19. The Bertz CT molecular complexity index is 259. The van der Waals surface area contributed by atoms with Crippen molar-refractivity contribution in [2.75, 3.05) is 6.61 Å². The van der Waals surface area contributed by atoms with Gasteiger partial charge in [-0.3, -0.25) is 4.79 Å². The number of phenolic OH excluding ortho intramolecular Hbond substituents is 1. The Labute approximate surface area is 103 Å². The van der Waals surface area contributed by atoms with E-state index in [4.69, 9.17) is 5.11 Å². The van der Waals surface area contributed by atoms with E-state index in [2.05, 4.69) is 11.7 Å². The summed E-state index contributed by atoms with van der Waals surface area (Å²) in [6.07, 6.45) is 6.01. The quantitative estimate of drug-likeness (QED) is 0.584. The van der Waals surface area contributed by atoms with Gasteiger partial charge in [0.25, 0.3) is 6.47 Å². The van der Waals surface area contributed by atoms with E-state index in [1.807, 2.05) is 6.07 Å². The number of hydrogen-bond acceptors (Lipinski definition) is 3. The van der Waals surface area contributed by atoms with Crippen molar-refractivity contribution in [3.63, 3.8) is 0 Å². The van der Waals surface area contributed by atoms with Gasteiger partial charge in [-0.05, 0) is 18.6 Å². The minimum absolute atomic E-state index is 0.322. The topological polar surface area (TPSA) is 46.5 Å². The molecule has 0 amide bonds. The third kappa shape index (κ3) is 12.4. The second-order valence-corrected chi connectivity index (χ2v) is 3.72. The van der Waals surface area contributed by atoms with Crippen LogP contribution in [0.5, 0.6) is 5.75 Å². The lowest BCUT2D eigenvalue weighted by molar-refractivity contribution is -0.128. The molecular weight excluding hydrogens is 216 g/mol. The summed E-state index contributed by atoms with van der Waals surface area (Å²) < 4.78 is 4.53. The number of carbonyl (C=O) groups is 1. The molecule has 3 nitrogen and oxygen atoms in total. The lowest BCUT2D eigenvalue weighted by atomic mass is 10.2. The van der Waals surface area contributed by atoms with Crippen molar-refractivity contribution in [2.24, 2.45) is 0 Å². The molecule has 0 aromatic heterocycles. The molecule has 0 aliphatic carbocycles. The highest BCUT2D eigenvalue weighted by atomic mass is 16.5. The van der Waals surface area contributed by atoms with E-state index >= 15 is 0 Å². The molecule has 96 valence electrons. The summed E-state index contributed by atoms with van der Waals surface area (Å²) >= 11 is 0. The molecule has 0 fully saturated rings. The van der Waals surface area contributed by atoms with Gasteiger partial charge in [0.15, 0.2) is 0 Å². The van der Waals surface area contributed by atoms with Crippen molar-refractivity contribution in [1.82, 2.24) is 0 Å². The van der Waals surface area contributed by atoms with Crippen molar-refractivity contribution in [3.8, 4) is 5.75 Å². The first-order valence-corrected chi connectivity index (χ1v) is 6.10. The van der Waals surface area contributed by atoms with Crippen LogP contribution in [0.15, 0.2) is 30.3 Å². The van der Waals surface area contributed by atoms with Gasteiger partial charge in [-0.25, -0.2) is 0 Å². The number of carbonyl (C=O) groups excluding carboxylic acids is 1. The van der Waals surface area contributed by atoms with E-state index in [-0.39, 0.29) is 0 Å². The molecule has 0 unspecified atom stereocenters. The molecule has 1 N–H and O–H groups in total. The van der Waals surface area contributed by atoms with E-state index in [9.17, 15) is 4.79 Å². The molecule has 0 spiro atoms. The van der Waals surface area contributed by atoms with Gasteiger partial charge in [-0.15, -0.1) is 0 Å². The molecule has 0 radical (unpaired) electrons. The van der Waals surface area contributed by atoms with Crippen LogP contribution in [0.1, 0.15) is 39.0 Å². The number of hydrogen-bond donors (Lipinski definition) is 1. The smallest absolute Gasteiger partial charge is 0.293 e. The largest absolute Gasteiger partial charge is 0.508 e. The van der Waals surface area contributed by atoms with Crippen molar-refractivity contribution in [1.29, 1.82) is 0 Å². The molecular formula is C14H22O3. The number of rotatable bonds is 7. The second-order valence-electron chi connectivity index (χ2n) is 3.72. The van der Waals surface area contributed by atoms with Gasteiger partial charge >= 0.3 is 0 Å². The molecule has 0 saturated heterocycles.